The Bertz CT molecular complexity index is 805. The molecule has 130 valence electrons. The number of carbonyl (C=O) groups is 2. The lowest BCUT2D eigenvalue weighted by Crippen LogP contribution is -2.20. The number of hydrazone groups is 1. The summed E-state index contributed by atoms with van der Waals surface area (Å²) in [4.78, 5) is 22.7. The number of rotatable bonds is 7. The van der Waals surface area contributed by atoms with Crippen LogP contribution in [0.1, 0.15) is 15.9 Å². The van der Waals surface area contributed by atoms with Crippen LogP contribution < -0.4 is 20.6 Å². The van der Waals surface area contributed by atoms with E-state index >= 15 is 0 Å². The van der Waals surface area contributed by atoms with E-state index in [2.05, 4.69) is 10.5 Å². The minimum atomic E-state index is -0.598. The normalized spacial score (nSPS) is 10.4. The van der Waals surface area contributed by atoms with Crippen LogP contribution in [-0.4, -0.2) is 36.9 Å². The fourth-order valence-electron chi connectivity index (χ4n) is 1.92. The van der Waals surface area contributed by atoms with Gasteiger partial charge in [0.1, 0.15) is 5.75 Å². The molecule has 0 spiro atoms. The third kappa shape index (κ3) is 4.96. The molecule has 0 unspecified atom stereocenters. The number of hydrogen-bond donors (Lipinski definition) is 3. The number of nitrogens with two attached hydrogens (primary N) is 1. The van der Waals surface area contributed by atoms with Crippen molar-refractivity contribution >= 4 is 18.0 Å². The predicted octanol–water partition coefficient (Wildman–Crippen LogP) is 1.03. The standard InChI is InChI=1S/C17H17N3O5/c1-24-15-8-11(6-7-14(15)25-10-16(18)22)9-19-20-17(23)12-4-2-3-5-13(12)21/h2-9,21H,10H2,1H3,(H2,18,22)(H,20,23)/b19-9-. The fourth-order valence-corrected chi connectivity index (χ4v) is 1.92. The first kappa shape index (κ1) is 17.8. The fraction of sp³-hybridized carbons (Fsp3) is 0.118. The quantitative estimate of drug-likeness (QED) is 0.512. The van der Waals surface area contributed by atoms with Gasteiger partial charge in [-0.05, 0) is 35.9 Å². The van der Waals surface area contributed by atoms with E-state index in [9.17, 15) is 14.7 Å². The molecule has 0 fully saturated rings. The summed E-state index contributed by atoms with van der Waals surface area (Å²) in [5.41, 5.74) is 8.09. The van der Waals surface area contributed by atoms with E-state index in [1.807, 2.05) is 0 Å². The van der Waals surface area contributed by atoms with Gasteiger partial charge in [-0.3, -0.25) is 9.59 Å². The molecule has 25 heavy (non-hydrogen) atoms. The molecule has 0 radical (unpaired) electrons. The lowest BCUT2D eigenvalue weighted by Gasteiger charge is -2.09. The molecule has 4 N–H and O–H groups in total. The van der Waals surface area contributed by atoms with Crippen molar-refractivity contribution in [2.45, 2.75) is 0 Å². The minimum Gasteiger partial charge on any atom is -0.507 e. The predicted molar refractivity (Wildman–Crippen MR) is 90.9 cm³/mol. The summed E-state index contributed by atoms with van der Waals surface area (Å²) in [6.07, 6.45) is 1.40. The van der Waals surface area contributed by atoms with E-state index < -0.39 is 11.8 Å². The number of methoxy groups -OCH3 is 1. The Labute approximate surface area is 143 Å². The van der Waals surface area contributed by atoms with Crippen molar-refractivity contribution in [3.8, 4) is 17.2 Å². The number of carbonyl (C=O) groups excluding carboxylic acids is 2. The molecule has 0 aliphatic carbocycles. The van der Waals surface area contributed by atoms with Crippen molar-refractivity contribution in [3.05, 3.63) is 53.6 Å². The van der Waals surface area contributed by atoms with Gasteiger partial charge in [-0.2, -0.15) is 5.10 Å². The number of ether oxygens (including phenoxy) is 2. The van der Waals surface area contributed by atoms with Crippen molar-refractivity contribution < 1.29 is 24.2 Å². The van der Waals surface area contributed by atoms with Gasteiger partial charge in [-0.15, -0.1) is 0 Å². The largest absolute Gasteiger partial charge is 0.507 e. The number of nitrogens with one attached hydrogen (secondary N) is 1. The van der Waals surface area contributed by atoms with Gasteiger partial charge in [0.15, 0.2) is 18.1 Å². The second-order valence-corrected chi connectivity index (χ2v) is 4.88. The highest BCUT2D eigenvalue weighted by Crippen LogP contribution is 2.27. The van der Waals surface area contributed by atoms with E-state index in [1.165, 1.54) is 25.5 Å². The van der Waals surface area contributed by atoms with Crippen LogP contribution in [0, 0.1) is 0 Å². The number of aromatic hydroxyl groups is 1. The molecule has 0 bridgehead atoms. The SMILES string of the molecule is COc1cc(/C=N\NC(=O)c2ccccc2O)ccc1OCC(N)=O. The Kier molecular flexibility index (Phi) is 5.94. The van der Waals surface area contributed by atoms with Gasteiger partial charge in [0.2, 0.25) is 0 Å². The Morgan fingerprint density at radius 2 is 2.00 bits per heavy atom. The zero-order valence-electron chi connectivity index (χ0n) is 13.4. The summed E-state index contributed by atoms with van der Waals surface area (Å²) in [7, 11) is 1.45. The third-order valence-electron chi connectivity index (χ3n) is 3.09. The number of nitrogens with zero attached hydrogens (tertiary/aromatic N) is 1. The van der Waals surface area contributed by atoms with Gasteiger partial charge < -0.3 is 20.3 Å². The highest BCUT2D eigenvalue weighted by Gasteiger charge is 2.09. The Hall–Kier alpha value is -3.55. The summed E-state index contributed by atoms with van der Waals surface area (Å²) in [6, 6.07) is 11.0. The molecule has 2 amide bonds. The molecule has 0 saturated carbocycles. The Morgan fingerprint density at radius 1 is 1.24 bits per heavy atom. The van der Waals surface area contributed by atoms with Crippen molar-refractivity contribution in [1.82, 2.24) is 5.43 Å². The summed E-state index contributed by atoms with van der Waals surface area (Å²) in [6.45, 7) is -0.263. The second kappa shape index (κ2) is 8.34. The maximum atomic E-state index is 11.9. The Morgan fingerprint density at radius 3 is 2.68 bits per heavy atom. The molecule has 8 nitrogen and oxygen atoms in total. The topological polar surface area (TPSA) is 123 Å². The van der Waals surface area contributed by atoms with Crippen molar-refractivity contribution in [1.29, 1.82) is 0 Å². The van der Waals surface area contributed by atoms with Crippen LogP contribution in [0.3, 0.4) is 0 Å². The van der Waals surface area contributed by atoms with E-state index in [1.54, 1.807) is 30.3 Å². The molecule has 0 saturated heterocycles. The summed E-state index contributed by atoms with van der Waals surface area (Å²) in [5, 5.41) is 13.4. The summed E-state index contributed by atoms with van der Waals surface area (Å²) >= 11 is 0. The number of phenolic OH excluding ortho intramolecular Hbond substituents is 1. The van der Waals surface area contributed by atoms with Crippen LogP contribution in [0.15, 0.2) is 47.6 Å². The lowest BCUT2D eigenvalue weighted by molar-refractivity contribution is -0.119. The van der Waals surface area contributed by atoms with Gasteiger partial charge in [0.05, 0.1) is 18.9 Å². The van der Waals surface area contributed by atoms with E-state index in [-0.39, 0.29) is 17.9 Å². The van der Waals surface area contributed by atoms with Crippen LogP contribution in [0.5, 0.6) is 17.2 Å². The van der Waals surface area contributed by atoms with Crippen LogP contribution in [0.25, 0.3) is 0 Å². The molecule has 2 rings (SSSR count). The van der Waals surface area contributed by atoms with Crippen molar-refractivity contribution in [2.24, 2.45) is 10.8 Å². The van der Waals surface area contributed by atoms with Gasteiger partial charge in [0.25, 0.3) is 11.8 Å². The number of phenols is 1. The summed E-state index contributed by atoms with van der Waals surface area (Å²) in [5.74, 6) is -0.524. The van der Waals surface area contributed by atoms with Gasteiger partial charge >= 0.3 is 0 Å². The molecule has 0 aliphatic rings. The minimum absolute atomic E-state index is 0.118. The third-order valence-corrected chi connectivity index (χ3v) is 3.09. The van der Waals surface area contributed by atoms with Crippen LogP contribution >= 0.6 is 0 Å². The average molecular weight is 343 g/mol. The van der Waals surface area contributed by atoms with Crippen molar-refractivity contribution in [2.75, 3.05) is 13.7 Å². The molecule has 2 aromatic rings. The molecular weight excluding hydrogens is 326 g/mol. The van der Waals surface area contributed by atoms with Gasteiger partial charge in [0, 0.05) is 0 Å². The first-order valence-corrected chi connectivity index (χ1v) is 7.22. The number of primary amides is 1. The van der Waals surface area contributed by atoms with Crippen LogP contribution in [-0.2, 0) is 4.79 Å². The van der Waals surface area contributed by atoms with Gasteiger partial charge in [-0.1, -0.05) is 12.1 Å². The summed E-state index contributed by atoms with van der Waals surface area (Å²) < 4.78 is 10.4. The second-order valence-electron chi connectivity index (χ2n) is 4.88. The van der Waals surface area contributed by atoms with Gasteiger partial charge in [-0.25, -0.2) is 5.43 Å². The molecular formula is C17H17N3O5. The molecule has 0 aromatic heterocycles. The molecule has 8 heteroatoms. The zero-order valence-corrected chi connectivity index (χ0v) is 13.4. The number of para-hydroxylation sites is 1. The number of benzene rings is 2. The average Bonchev–Trinajstić information content (AvgIpc) is 2.60. The monoisotopic (exact) mass is 343 g/mol. The molecule has 0 aliphatic heterocycles. The lowest BCUT2D eigenvalue weighted by atomic mass is 10.2. The van der Waals surface area contributed by atoms with Crippen LogP contribution in [0.2, 0.25) is 0 Å². The van der Waals surface area contributed by atoms with E-state index in [0.29, 0.717) is 17.1 Å². The number of hydrogen-bond acceptors (Lipinski definition) is 6. The highest BCUT2D eigenvalue weighted by molar-refractivity contribution is 5.97. The number of amides is 2. The highest BCUT2D eigenvalue weighted by atomic mass is 16.5. The molecule has 2 aromatic carbocycles. The molecule has 0 atom stereocenters. The van der Waals surface area contributed by atoms with E-state index in [0.717, 1.165) is 0 Å². The molecule has 0 heterocycles. The Balaban J connectivity index is 2.04. The van der Waals surface area contributed by atoms with Crippen molar-refractivity contribution in [3.63, 3.8) is 0 Å². The maximum Gasteiger partial charge on any atom is 0.275 e. The smallest absolute Gasteiger partial charge is 0.275 e. The first-order chi connectivity index (χ1) is 12.0. The van der Waals surface area contributed by atoms with Crippen LogP contribution in [0.4, 0.5) is 0 Å². The van der Waals surface area contributed by atoms with E-state index in [4.69, 9.17) is 15.2 Å². The zero-order chi connectivity index (χ0) is 18.2. The first-order valence-electron chi connectivity index (χ1n) is 7.22. The maximum absolute atomic E-state index is 11.9.